The molecule has 1 aromatic heterocycles. The van der Waals surface area contributed by atoms with Gasteiger partial charge in [0.1, 0.15) is 5.69 Å². The topological polar surface area (TPSA) is 79.0 Å². The average molecular weight is 419 g/mol. The van der Waals surface area contributed by atoms with Crippen molar-refractivity contribution in [1.29, 1.82) is 0 Å². The Bertz CT molecular complexity index is 920. The number of amides is 1. The lowest BCUT2D eigenvalue weighted by Gasteiger charge is -2.24. The largest absolute Gasteiger partial charge is 0.371 e. The van der Waals surface area contributed by atoms with Crippen molar-refractivity contribution in [2.75, 3.05) is 25.0 Å². The van der Waals surface area contributed by atoms with Crippen molar-refractivity contribution in [3.8, 4) is 11.3 Å². The van der Waals surface area contributed by atoms with Crippen molar-refractivity contribution >= 4 is 35.6 Å². The summed E-state index contributed by atoms with van der Waals surface area (Å²) >= 11 is 5.90. The second-order valence-corrected chi connectivity index (χ2v) is 6.75. The number of nitrogens with zero attached hydrogens (tertiary/aromatic N) is 1. The van der Waals surface area contributed by atoms with Crippen molar-refractivity contribution in [2.45, 2.75) is 6.10 Å². The number of H-pyrrole nitrogens is 1. The zero-order chi connectivity index (χ0) is 18.6. The van der Waals surface area contributed by atoms with Crippen molar-refractivity contribution in [3.05, 3.63) is 70.9 Å². The van der Waals surface area contributed by atoms with Gasteiger partial charge in [-0.3, -0.25) is 9.89 Å². The molecule has 28 heavy (non-hydrogen) atoms. The van der Waals surface area contributed by atoms with Gasteiger partial charge in [-0.1, -0.05) is 35.9 Å². The standard InChI is InChI=1S/C20H19ClN4O2.ClH/c21-15-5-1-13(2-6-15)17-11-18(25-24-17)20(26)23-16-7-3-14(4-8-16)19-12-22-9-10-27-19;/h1-8,11,19,22H,9-10,12H2,(H,23,26)(H,24,25);1H/t19-;/m1./s1. The van der Waals surface area contributed by atoms with Crippen LogP contribution in [0.25, 0.3) is 11.3 Å². The van der Waals surface area contributed by atoms with Crippen LogP contribution in [0.2, 0.25) is 5.02 Å². The highest BCUT2D eigenvalue weighted by Gasteiger charge is 2.16. The second-order valence-electron chi connectivity index (χ2n) is 6.31. The van der Waals surface area contributed by atoms with Crippen LogP contribution in [-0.2, 0) is 4.74 Å². The summed E-state index contributed by atoms with van der Waals surface area (Å²) in [6.07, 6.45) is 0.0537. The van der Waals surface area contributed by atoms with Crippen LogP contribution in [0.5, 0.6) is 0 Å². The Morgan fingerprint density at radius 2 is 1.89 bits per heavy atom. The molecule has 0 spiro atoms. The molecule has 6 nitrogen and oxygen atoms in total. The molecule has 8 heteroatoms. The van der Waals surface area contributed by atoms with Gasteiger partial charge in [0.05, 0.1) is 18.4 Å². The Morgan fingerprint density at radius 3 is 2.57 bits per heavy atom. The third-order valence-corrected chi connectivity index (χ3v) is 4.68. The SMILES string of the molecule is Cl.O=C(Nc1ccc([C@H]2CNCCO2)cc1)c1cc(-c2ccc(Cl)cc2)n[nH]1. The molecule has 3 N–H and O–H groups in total. The number of aromatic amines is 1. The number of nitrogens with one attached hydrogen (secondary N) is 3. The van der Waals surface area contributed by atoms with Crippen LogP contribution < -0.4 is 10.6 Å². The van der Waals surface area contributed by atoms with E-state index in [2.05, 4.69) is 20.8 Å². The fraction of sp³-hybridized carbons (Fsp3) is 0.200. The molecule has 1 atom stereocenters. The minimum absolute atomic E-state index is 0. The summed E-state index contributed by atoms with van der Waals surface area (Å²) in [4.78, 5) is 12.5. The van der Waals surface area contributed by atoms with E-state index in [9.17, 15) is 4.79 Å². The lowest BCUT2D eigenvalue weighted by Crippen LogP contribution is -2.33. The molecule has 2 heterocycles. The Morgan fingerprint density at radius 1 is 1.14 bits per heavy atom. The minimum Gasteiger partial charge on any atom is -0.371 e. The van der Waals surface area contributed by atoms with E-state index in [4.69, 9.17) is 16.3 Å². The molecule has 0 aliphatic carbocycles. The number of anilines is 1. The van der Waals surface area contributed by atoms with Gasteiger partial charge in [0.25, 0.3) is 5.91 Å². The van der Waals surface area contributed by atoms with Gasteiger partial charge in [-0.25, -0.2) is 0 Å². The first-order valence-electron chi connectivity index (χ1n) is 8.74. The van der Waals surface area contributed by atoms with E-state index < -0.39 is 0 Å². The number of aromatic nitrogens is 2. The molecule has 0 bridgehead atoms. The molecule has 0 unspecified atom stereocenters. The van der Waals surface area contributed by atoms with E-state index in [1.54, 1.807) is 18.2 Å². The van der Waals surface area contributed by atoms with Crippen molar-refractivity contribution in [3.63, 3.8) is 0 Å². The first-order chi connectivity index (χ1) is 13.2. The van der Waals surface area contributed by atoms with Crippen LogP contribution in [0.1, 0.15) is 22.2 Å². The molecule has 1 aliphatic heterocycles. The summed E-state index contributed by atoms with van der Waals surface area (Å²) in [6, 6.07) is 16.7. The van der Waals surface area contributed by atoms with Crippen LogP contribution in [0.15, 0.2) is 54.6 Å². The predicted octanol–water partition coefficient (Wildman–Crippen LogP) is 4.07. The maximum absolute atomic E-state index is 12.5. The van der Waals surface area contributed by atoms with E-state index in [-0.39, 0.29) is 24.4 Å². The minimum atomic E-state index is -0.244. The third kappa shape index (κ3) is 4.72. The number of carbonyl (C=O) groups excluding carboxylic acids is 1. The summed E-state index contributed by atoms with van der Waals surface area (Å²) in [5.41, 5.74) is 3.78. The fourth-order valence-corrected chi connectivity index (χ4v) is 3.09. The van der Waals surface area contributed by atoms with Crippen LogP contribution in [0.3, 0.4) is 0 Å². The van der Waals surface area contributed by atoms with Gasteiger partial charge in [-0.2, -0.15) is 5.10 Å². The maximum Gasteiger partial charge on any atom is 0.273 e. The molecule has 1 saturated heterocycles. The van der Waals surface area contributed by atoms with Gasteiger partial charge in [-0.05, 0) is 35.9 Å². The summed E-state index contributed by atoms with van der Waals surface area (Å²) in [5.74, 6) is -0.244. The van der Waals surface area contributed by atoms with E-state index in [1.165, 1.54) is 0 Å². The van der Waals surface area contributed by atoms with Crippen LogP contribution in [0.4, 0.5) is 5.69 Å². The van der Waals surface area contributed by atoms with Crippen molar-refractivity contribution in [2.24, 2.45) is 0 Å². The molecular formula is C20H20Cl2N4O2. The molecule has 3 aromatic rings. The van der Waals surface area contributed by atoms with Gasteiger partial charge in [0, 0.05) is 29.4 Å². The van der Waals surface area contributed by atoms with Crippen LogP contribution in [-0.4, -0.2) is 35.8 Å². The van der Waals surface area contributed by atoms with Crippen molar-refractivity contribution in [1.82, 2.24) is 15.5 Å². The number of rotatable bonds is 4. The third-order valence-electron chi connectivity index (χ3n) is 4.43. The lowest BCUT2D eigenvalue weighted by atomic mass is 10.1. The lowest BCUT2D eigenvalue weighted by molar-refractivity contribution is 0.0277. The number of hydrogen-bond donors (Lipinski definition) is 3. The smallest absolute Gasteiger partial charge is 0.273 e. The monoisotopic (exact) mass is 418 g/mol. The summed E-state index contributed by atoms with van der Waals surface area (Å²) in [7, 11) is 0. The number of ether oxygens (including phenoxy) is 1. The first-order valence-corrected chi connectivity index (χ1v) is 9.12. The van der Waals surface area contributed by atoms with Crippen molar-refractivity contribution < 1.29 is 9.53 Å². The summed E-state index contributed by atoms with van der Waals surface area (Å²) < 4.78 is 5.74. The van der Waals surface area contributed by atoms with Gasteiger partial charge >= 0.3 is 0 Å². The molecule has 0 saturated carbocycles. The number of hydrogen-bond acceptors (Lipinski definition) is 4. The Balaban J connectivity index is 0.00000225. The van der Waals surface area contributed by atoms with Gasteiger partial charge in [0.15, 0.2) is 0 Å². The van der Waals surface area contributed by atoms with E-state index in [1.807, 2.05) is 36.4 Å². The normalized spacial score (nSPS) is 16.2. The fourth-order valence-electron chi connectivity index (χ4n) is 2.97. The Kier molecular flexibility index (Phi) is 6.70. The van der Waals surface area contributed by atoms with Gasteiger partial charge in [-0.15, -0.1) is 12.4 Å². The average Bonchev–Trinajstić information content (AvgIpc) is 3.20. The number of morpholine rings is 1. The second kappa shape index (κ2) is 9.21. The highest BCUT2D eigenvalue weighted by molar-refractivity contribution is 6.30. The molecular weight excluding hydrogens is 399 g/mol. The quantitative estimate of drug-likeness (QED) is 0.596. The molecule has 146 valence electrons. The highest BCUT2D eigenvalue weighted by Crippen LogP contribution is 2.22. The Hall–Kier alpha value is -2.38. The van der Waals surface area contributed by atoms with E-state index >= 15 is 0 Å². The molecule has 2 aromatic carbocycles. The van der Waals surface area contributed by atoms with Gasteiger partial charge in [0.2, 0.25) is 0 Å². The molecule has 4 rings (SSSR count). The molecule has 1 fully saturated rings. The van der Waals surface area contributed by atoms with Gasteiger partial charge < -0.3 is 15.4 Å². The number of halogens is 2. The summed E-state index contributed by atoms with van der Waals surface area (Å²) in [5, 5.41) is 13.8. The Labute approximate surface area is 174 Å². The van der Waals surface area contributed by atoms with E-state index in [0.717, 1.165) is 29.9 Å². The maximum atomic E-state index is 12.5. The number of carbonyl (C=O) groups is 1. The summed E-state index contributed by atoms with van der Waals surface area (Å²) in [6.45, 7) is 2.39. The molecule has 0 radical (unpaired) electrons. The highest BCUT2D eigenvalue weighted by atomic mass is 35.5. The molecule has 1 amide bonds. The van der Waals surface area contributed by atoms with E-state index in [0.29, 0.717) is 23.0 Å². The zero-order valence-electron chi connectivity index (χ0n) is 14.9. The van der Waals surface area contributed by atoms with Crippen LogP contribution in [0, 0.1) is 0 Å². The molecule has 1 aliphatic rings. The predicted molar refractivity (Wildman–Crippen MR) is 112 cm³/mol. The first kappa shape index (κ1) is 20.4. The number of benzene rings is 2. The zero-order valence-corrected chi connectivity index (χ0v) is 16.5. The van der Waals surface area contributed by atoms with Crippen LogP contribution >= 0.6 is 24.0 Å².